The Hall–Kier alpha value is 0.0569. The van der Waals surface area contributed by atoms with Gasteiger partial charge in [0.05, 0.1) is 22.2 Å². The molecule has 5 heteroatoms. The third-order valence-corrected chi connectivity index (χ3v) is 7.51. The fourth-order valence-corrected chi connectivity index (χ4v) is 5.26. The topological polar surface area (TPSA) is 48.1 Å². The molecule has 3 rings (SSSR count). The fourth-order valence-electron chi connectivity index (χ4n) is 4.83. The van der Waals surface area contributed by atoms with E-state index in [1.165, 1.54) is 77.0 Å². The van der Waals surface area contributed by atoms with Crippen LogP contribution in [0.2, 0.25) is 0 Å². The highest BCUT2D eigenvalue weighted by atomic mass is 28.2. The summed E-state index contributed by atoms with van der Waals surface area (Å²) in [7, 11) is 1.02. The van der Waals surface area contributed by atoms with Crippen molar-refractivity contribution < 1.29 is 0 Å². The summed E-state index contributed by atoms with van der Waals surface area (Å²) < 4.78 is 0. The van der Waals surface area contributed by atoms with Gasteiger partial charge in [-0.15, -0.1) is 0 Å². The van der Waals surface area contributed by atoms with Gasteiger partial charge in [0.25, 0.3) is 0 Å². The molecule has 0 radical (unpaired) electrons. The Balaban J connectivity index is 1.66. The lowest BCUT2D eigenvalue weighted by Crippen LogP contribution is -2.73. The highest BCUT2D eigenvalue weighted by Gasteiger charge is 2.38. The minimum atomic E-state index is -0.0214. The van der Waals surface area contributed by atoms with Crippen molar-refractivity contribution in [2.24, 2.45) is 0 Å². The van der Waals surface area contributed by atoms with E-state index in [4.69, 9.17) is 0 Å². The molecule has 0 saturated heterocycles. The third-order valence-electron chi connectivity index (χ3n) is 6.47. The molecule has 4 nitrogen and oxygen atoms in total. The molecule has 3 fully saturated rings. The zero-order valence-corrected chi connectivity index (χ0v) is 17.3. The van der Waals surface area contributed by atoms with E-state index >= 15 is 0 Å². The largest absolute Gasteiger partial charge is 0.327 e. The van der Waals surface area contributed by atoms with Crippen LogP contribution >= 0.6 is 0 Å². The summed E-state index contributed by atoms with van der Waals surface area (Å²) in [5, 5.41) is 12.0. The second kappa shape index (κ2) is 8.43. The van der Waals surface area contributed by atoms with Gasteiger partial charge in [0, 0.05) is 18.1 Å². The lowest BCUT2D eigenvalue weighted by atomic mass is 10.0. The van der Waals surface area contributed by atoms with Crippen LogP contribution in [0.3, 0.4) is 0 Å². The number of rotatable bonds is 8. The first-order valence-corrected chi connectivity index (χ1v) is 11.2. The molecule has 3 aliphatic carbocycles. The van der Waals surface area contributed by atoms with Crippen LogP contribution in [-0.2, 0) is 0 Å². The first kappa shape index (κ1) is 17.9. The normalized spacial score (nSPS) is 27.4. The van der Waals surface area contributed by atoms with Crippen molar-refractivity contribution >= 4 is 10.4 Å². The predicted molar refractivity (Wildman–Crippen MR) is 101 cm³/mol. The molecule has 0 amide bonds. The lowest BCUT2D eigenvalue weighted by molar-refractivity contribution is 0.159. The van der Waals surface area contributed by atoms with Crippen LogP contribution in [0.4, 0.5) is 0 Å². The van der Waals surface area contributed by atoms with Gasteiger partial charge in [-0.25, -0.2) is 0 Å². The molecular formula is C18H38N4Si. The molecular weight excluding hydrogens is 300 g/mol. The minimum absolute atomic E-state index is 0.0214. The highest BCUT2D eigenvalue weighted by molar-refractivity contribution is 6.04. The fraction of sp³-hybridized carbons (Fsp3) is 1.00. The van der Waals surface area contributed by atoms with Crippen LogP contribution < -0.4 is 20.9 Å². The monoisotopic (exact) mass is 338 g/mol. The van der Waals surface area contributed by atoms with E-state index in [1.807, 2.05) is 0 Å². The van der Waals surface area contributed by atoms with Gasteiger partial charge in [0.15, 0.2) is 0 Å². The molecule has 134 valence electrons. The quantitative estimate of drug-likeness (QED) is 0.400. The van der Waals surface area contributed by atoms with E-state index in [1.54, 1.807) is 0 Å². The summed E-state index contributed by atoms with van der Waals surface area (Å²) in [5.41, 5.74) is -0.0214. The second-order valence-corrected chi connectivity index (χ2v) is 8.81. The molecule has 23 heavy (non-hydrogen) atoms. The average Bonchev–Trinajstić information content (AvgIpc) is 3.30. The Kier molecular flexibility index (Phi) is 6.55. The zero-order chi connectivity index (χ0) is 16.1. The number of nitrogens with one attached hydrogen (secondary N) is 4. The minimum Gasteiger partial charge on any atom is -0.327 e. The van der Waals surface area contributed by atoms with Crippen molar-refractivity contribution in [2.45, 2.75) is 114 Å². The van der Waals surface area contributed by atoms with Crippen LogP contribution in [0.15, 0.2) is 0 Å². The first-order chi connectivity index (χ1) is 11.2. The van der Waals surface area contributed by atoms with Gasteiger partial charge in [-0.2, -0.15) is 0 Å². The van der Waals surface area contributed by atoms with Crippen molar-refractivity contribution in [3.8, 4) is 0 Å². The molecule has 1 atom stereocenters. The Morgan fingerprint density at radius 2 is 1.13 bits per heavy atom. The summed E-state index contributed by atoms with van der Waals surface area (Å²) in [6.45, 7) is 2.38. The molecule has 0 aromatic carbocycles. The number of hydrogen-bond acceptors (Lipinski definition) is 4. The van der Waals surface area contributed by atoms with Gasteiger partial charge >= 0.3 is 0 Å². The molecule has 0 spiro atoms. The molecule has 0 bridgehead atoms. The van der Waals surface area contributed by atoms with Gasteiger partial charge < -0.3 is 4.98 Å². The molecule has 0 aromatic rings. The standard InChI is InChI=1S/C18H38N4Si/c1-18(22-23,21-16-12-6-7-13-16)17(19-14-8-2-3-9-14)20-15-10-4-5-11-15/h14-17,19-22H,2-13H2,1,23H3. The van der Waals surface area contributed by atoms with Gasteiger partial charge in [0.2, 0.25) is 0 Å². The van der Waals surface area contributed by atoms with E-state index in [0.29, 0.717) is 24.3 Å². The van der Waals surface area contributed by atoms with Gasteiger partial charge in [-0.3, -0.25) is 16.0 Å². The maximum absolute atomic E-state index is 3.99. The van der Waals surface area contributed by atoms with E-state index in [0.717, 1.165) is 10.4 Å². The molecule has 0 aromatic heterocycles. The van der Waals surface area contributed by atoms with Gasteiger partial charge in [-0.05, 0) is 45.4 Å². The molecule has 3 aliphatic rings. The van der Waals surface area contributed by atoms with E-state index in [2.05, 4.69) is 27.9 Å². The average molecular weight is 339 g/mol. The van der Waals surface area contributed by atoms with Crippen LogP contribution in [0.25, 0.3) is 0 Å². The van der Waals surface area contributed by atoms with Crippen molar-refractivity contribution in [1.29, 1.82) is 0 Å². The Morgan fingerprint density at radius 3 is 1.52 bits per heavy atom. The van der Waals surface area contributed by atoms with Crippen LogP contribution in [0, 0.1) is 0 Å². The molecule has 4 N–H and O–H groups in total. The summed E-state index contributed by atoms with van der Waals surface area (Å²) in [4.78, 5) is 3.76. The van der Waals surface area contributed by atoms with Crippen LogP contribution in [0.1, 0.15) is 84.0 Å². The zero-order valence-electron chi connectivity index (χ0n) is 15.3. The summed E-state index contributed by atoms with van der Waals surface area (Å²) >= 11 is 0. The lowest BCUT2D eigenvalue weighted by Gasteiger charge is -2.44. The maximum Gasteiger partial charge on any atom is 0.0891 e. The Labute approximate surface area is 145 Å². The molecule has 0 heterocycles. The van der Waals surface area contributed by atoms with Gasteiger partial charge in [-0.1, -0.05) is 38.5 Å². The summed E-state index contributed by atoms with van der Waals surface area (Å²) in [6.07, 6.45) is 16.8. The van der Waals surface area contributed by atoms with Crippen LogP contribution in [-0.4, -0.2) is 40.4 Å². The SMILES string of the molecule is CC(N[SiH3])(NC1CCCC1)C(NC1CCCC1)NC1CCCC1. The predicted octanol–water partition coefficient (Wildman–Crippen LogP) is 1.50. The second-order valence-electron chi connectivity index (χ2n) is 8.31. The molecule has 0 aliphatic heterocycles. The van der Waals surface area contributed by atoms with Gasteiger partial charge in [0.1, 0.15) is 0 Å². The Morgan fingerprint density at radius 1 is 0.739 bits per heavy atom. The first-order valence-electron chi connectivity index (χ1n) is 10.2. The smallest absolute Gasteiger partial charge is 0.0891 e. The van der Waals surface area contributed by atoms with Crippen molar-refractivity contribution in [3.63, 3.8) is 0 Å². The summed E-state index contributed by atoms with van der Waals surface area (Å²) in [6, 6.07) is 2.10. The van der Waals surface area contributed by atoms with Crippen molar-refractivity contribution in [3.05, 3.63) is 0 Å². The van der Waals surface area contributed by atoms with E-state index in [9.17, 15) is 0 Å². The van der Waals surface area contributed by atoms with Crippen molar-refractivity contribution in [2.75, 3.05) is 0 Å². The van der Waals surface area contributed by atoms with Crippen LogP contribution in [0.5, 0.6) is 0 Å². The van der Waals surface area contributed by atoms with Crippen molar-refractivity contribution in [1.82, 2.24) is 20.9 Å². The Bertz CT molecular complexity index is 331. The van der Waals surface area contributed by atoms with E-state index in [-0.39, 0.29) is 5.66 Å². The summed E-state index contributed by atoms with van der Waals surface area (Å²) in [5.74, 6) is 0. The van der Waals surface area contributed by atoms with E-state index < -0.39 is 0 Å². The molecule has 3 saturated carbocycles. The molecule has 1 unspecified atom stereocenters. The highest BCUT2D eigenvalue weighted by Crippen LogP contribution is 2.24. The maximum atomic E-state index is 3.99. The third kappa shape index (κ3) is 4.79. The number of hydrogen-bond donors (Lipinski definition) is 4.